The molecule has 20 heavy (non-hydrogen) atoms. The van der Waals surface area contributed by atoms with Crippen LogP contribution >= 0.6 is 15.9 Å². The minimum absolute atomic E-state index is 0.351. The van der Waals surface area contributed by atoms with E-state index in [0.29, 0.717) is 6.04 Å². The summed E-state index contributed by atoms with van der Waals surface area (Å²) >= 11 is 3.47. The first-order valence-electron chi connectivity index (χ1n) is 7.03. The first-order valence-corrected chi connectivity index (χ1v) is 7.82. The largest absolute Gasteiger partial charge is 0.306 e. The molecule has 0 aromatic heterocycles. The minimum Gasteiger partial charge on any atom is -0.306 e. The molecule has 0 heterocycles. The number of hydrogen-bond donors (Lipinski definition) is 1. The molecule has 1 N–H and O–H groups in total. The quantitative estimate of drug-likeness (QED) is 0.809. The smallest absolute Gasteiger partial charge is 0.0294 e. The fraction of sp³-hybridized carbons (Fsp3) is 0.333. The zero-order chi connectivity index (χ0) is 14.7. The van der Waals surface area contributed by atoms with Crippen molar-refractivity contribution >= 4 is 15.9 Å². The molecule has 2 rings (SSSR count). The van der Waals surface area contributed by atoms with Crippen LogP contribution in [0.4, 0.5) is 0 Å². The summed E-state index contributed by atoms with van der Waals surface area (Å²) in [7, 11) is 0. The SMILES string of the molecule is Cc1cc(C)c(CN[C@H](C)c2ccc(Br)cc2)cc1C. The van der Waals surface area contributed by atoms with Gasteiger partial charge in [0.05, 0.1) is 0 Å². The van der Waals surface area contributed by atoms with Gasteiger partial charge in [-0.25, -0.2) is 0 Å². The summed E-state index contributed by atoms with van der Waals surface area (Å²) in [4.78, 5) is 0. The Kier molecular flexibility index (Phi) is 5.00. The predicted molar refractivity (Wildman–Crippen MR) is 90.0 cm³/mol. The van der Waals surface area contributed by atoms with Crippen molar-refractivity contribution in [3.05, 3.63) is 68.7 Å². The van der Waals surface area contributed by atoms with Crippen LogP contribution in [0.2, 0.25) is 0 Å². The highest BCUT2D eigenvalue weighted by Gasteiger charge is 2.07. The third kappa shape index (κ3) is 3.71. The molecule has 0 amide bonds. The van der Waals surface area contributed by atoms with Crippen LogP contribution < -0.4 is 5.32 Å². The van der Waals surface area contributed by atoms with Gasteiger partial charge in [0.15, 0.2) is 0 Å². The van der Waals surface area contributed by atoms with Crippen LogP contribution in [0.1, 0.15) is 40.8 Å². The Morgan fingerprint density at radius 3 is 2.20 bits per heavy atom. The highest BCUT2D eigenvalue weighted by atomic mass is 79.9. The van der Waals surface area contributed by atoms with Crippen LogP contribution in [-0.4, -0.2) is 0 Å². The van der Waals surface area contributed by atoms with E-state index in [-0.39, 0.29) is 0 Å². The maximum absolute atomic E-state index is 3.61. The Morgan fingerprint density at radius 2 is 1.55 bits per heavy atom. The number of rotatable bonds is 4. The first kappa shape index (κ1) is 15.3. The zero-order valence-electron chi connectivity index (χ0n) is 12.6. The molecule has 0 saturated carbocycles. The van der Waals surface area contributed by atoms with Crippen molar-refractivity contribution < 1.29 is 0 Å². The van der Waals surface area contributed by atoms with E-state index in [1.54, 1.807) is 0 Å². The lowest BCUT2D eigenvalue weighted by Crippen LogP contribution is -2.18. The predicted octanol–water partition coefficient (Wildman–Crippen LogP) is 5.23. The molecule has 0 unspecified atom stereocenters. The van der Waals surface area contributed by atoms with E-state index in [1.165, 1.54) is 27.8 Å². The lowest BCUT2D eigenvalue weighted by molar-refractivity contribution is 0.573. The Morgan fingerprint density at radius 1 is 0.950 bits per heavy atom. The summed E-state index contributed by atoms with van der Waals surface area (Å²) in [5.74, 6) is 0. The Bertz CT molecular complexity index is 587. The van der Waals surface area contributed by atoms with Gasteiger partial charge in [-0.15, -0.1) is 0 Å². The number of aryl methyl sites for hydroxylation is 3. The van der Waals surface area contributed by atoms with E-state index < -0.39 is 0 Å². The van der Waals surface area contributed by atoms with Gasteiger partial charge in [0, 0.05) is 17.1 Å². The summed E-state index contributed by atoms with van der Waals surface area (Å²) in [6.07, 6.45) is 0. The molecule has 2 aromatic rings. The van der Waals surface area contributed by atoms with E-state index in [0.717, 1.165) is 11.0 Å². The van der Waals surface area contributed by atoms with E-state index >= 15 is 0 Å². The topological polar surface area (TPSA) is 12.0 Å². The highest BCUT2D eigenvalue weighted by Crippen LogP contribution is 2.19. The summed E-state index contributed by atoms with van der Waals surface area (Å²) < 4.78 is 1.12. The van der Waals surface area contributed by atoms with Crippen LogP contribution in [0.3, 0.4) is 0 Å². The molecule has 1 atom stereocenters. The van der Waals surface area contributed by atoms with E-state index in [9.17, 15) is 0 Å². The second kappa shape index (κ2) is 6.55. The highest BCUT2D eigenvalue weighted by molar-refractivity contribution is 9.10. The zero-order valence-corrected chi connectivity index (χ0v) is 14.2. The van der Waals surface area contributed by atoms with Crippen molar-refractivity contribution in [2.24, 2.45) is 0 Å². The van der Waals surface area contributed by atoms with Gasteiger partial charge in [-0.1, -0.05) is 40.2 Å². The molecule has 0 radical (unpaired) electrons. The van der Waals surface area contributed by atoms with Gasteiger partial charge in [-0.3, -0.25) is 0 Å². The lowest BCUT2D eigenvalue weighted by atomic mass is 10.0. The van der Waals surface area contributed by atoms with Gasteiger partial charge in [-0.2, -0.15) is 0 Å². The molecular weight excluding hydrogens is 310 g/mol. The number of hydrogen-bond acceptors (Lipinski definition) is 1. The molecule has 0 saturated heterocycles. The molecule has 106 valence electrons. The molecular formula is C18H22BrN. The van der Waals surface area contributed by atoms with Crippen LogP contribution in [0.15, 0.2) is 40.9 Å². The molecule has 0 fully saturated rings. The lowest BCUT2D eigenvalue weighted by Gasteiger charge is -2.16. The Labute approximate surface area is 130 Å². The summed E-state index contributed by atoms with van der Waals surface area (Å²) in [5, 5.41) is 3.61. The second-order valence-corrected chi connectivity index (χ2v) is 6.43. The molecule has 0 bridgehead atoms. The van der Waals surface area contributed by atoms with Crippen LogP contribution in [0.5, 0.6) is 0 Å². The monoisotopic (exact) mass is 331 g/mol. The van der Waals surface area contributed by atoms with Crippen LogP contribution in [-0.2, 0) is 6.54 Å². The number of nitrogens with one attached hydrogen (secondary N) is 1. The molecule has 0 aliphatic carbocycles. The number of benzene rings is 2. The Balaban J connectivity index is 2.05. The second-order valence-electron chi connectivity index (χ2n) is 5.52. The maximum atomic E-state index is 3.61. The minimum atomic E-state index is 0.351. The molecule has 2 aromatic carbocycles. The normalized spacial score (nSPS) is 12.4. The van der Waals surface area contributed by atoms with Gasteiger partial charge >= 0.3 is 0 Å². The fourth-order valence-electron chi connectivity index (χ4n) is 2.34. The first-order chi connectivity index (χ1) is 9.47. The van der Waals surface area contributed by atoms with Crippen molar-refractivity contribution in [1.82, 2.24) is 5.32 Å². The third-order valence-corrected chi connectivity index (χ3v) is 4.45. The van der Waals surface area contributed by atoms with Crippen molar-refractivity contribution in [3.8, 4) is 0 Å². The van der Waals surface area contributed by atoms with Crippen molar-refractivity contribution in [1.29, 1.82) is 0 Å². The molecule has 0 aliphatic heterocycles. The van der Waals surface area contributed by atoms with Crippen molar-refractivity contribution in [2.75, 3.05) is 0 Å². The van der Waals surface area contributed by atoms with Gasteiger partial charge in [0.2, 0.25) is 0 Å². The third-order valence-electron chi connectivity index (χ3n) is 3.92. The average Bonchev–Trinajstić information content (AvgIpc) is 2.42. The van der Waals surface area contributed by atoms with Gasteiger partial charge in [0.1, 0.15) is 0 Å². The van der Waals surface area contributed by atoms with Gasteiger partial charge in [0.25, 0.3) is 0 Å². The fourth-order valence-corrected chi connectivity index (χ4v) is 2.61. The molecule has 1 nitrogen and oxygen atoms in total. The van der Waals surface area contributed by atoms with E-state index in [2.05, 4.69) is 85.3 Å². The molecule has 2 heteroatoms. The van der Waals surface area contributed by atoms with Crippen LogP contribution in [0.25, 0.3) is 0 Å². The molecule has 0 spiro atoms. The standard InChI is InChI=1S/C18H22BrN/c1-12-9-14(3)17(10-13(12)2)11-20-15(4)16-5-7-18(19)8-6-16/h5-10,15,20H,11H2,1-4H3/t15-/m1/s1. The van der Waals surface area contributed by atoms with Crippen molar-refractivity contribution in [3.63, 3.8) is 0 Å². The summed E-state index contributed by atoms with van der Waals surface area (Å²) in [6.45, 7) is 9.65. The summed E-state index contributed by atoms with van der Waals surface area (Å²) in [6, 6.07) is 13.4. The van der Waals surface area contributed by atoms with Crippen molar-refractivity contribution in [2.45, 2.75) is 40.3 Å². The van der Waals surface area contributed by atoms with Crippen LogP contribution in [0, 0.1) is 20.8 Å². The number of halogens is 1. The van der Waals surface area contributed by atoms with Gasteiger partial charge in [-0.05, 0) is 67.6 Å². The summed E-state index contributed by atoms with van der Waals surface area (Å²) in [5.41, 5.74) is 6.80. The van der Waals surface area contributed by atoms with Gasteiger partial charge < -0.3 is 5.32 Å². The average molecular weight is 332 g/mol. The van der Waals surface area contributed by atoms with E-state index in [1.807, 2.05) is 0 Å². The Hall–Kier alpha value is -1.12. The van der Waals surface area contributed by atoms with E-state index in [4.69, 9.17) is 0 Å². The molecule has 0 aliphatic rings. The maximum Gasteiger partial charge on any atom is 0.0294 e.